The first-order chi connectivity index (χ1) is 14.8. The summed E-state index contributed by atoms with van der Waals surface area (Å²) in [6.07, 6.45) is 7.41. The van der Waals surface area contributed by atoms with Gasteiger partial charge in [0.15, 0.2) is 5.76 Å². The second-order valence-corrected chi connectivity index (χ2v) is 7.71. The molecule has 0 saturated carbocycles. The molecule has 156 valence electrons. The van der Waals surface area contributed by atoms with E-state index in [9.17, 15) is 0 Å². The van der Waals surface area contributed by atoms with Crippen LogP contribution in [-0.4, -0.2) is 64.5 Å². The van der Waals surface area contributed by atoms with E-state index in [-0.39, 0.29) is 0 Å². The Morgan fingerprint density at radius 2 is 1.67 bits per heavy atom. The Kier molecular flexibility index (Phi) is 5.27. The number of morpholine rings is 1. The fourth-order valence-corrected chi connectivity index (χ4v) is 4.10. The zero-order valence-corrected chi connectivity index (χ0v) is 17.1. The first-order valence-corrected chi connectivity index (χ1v) is 10.4. The molecule has 5 heterocycles. The largest absolute Gasteiger partial charge is 0.378 e. The standard InChI is InChI=1S/C21H25N7O2/c1-15-13-18(30-26-15)17-14-24-21(28-9-11-29-12-10-28)25-19(17)16-3-7-27(8-4-16)20-22-5-2-6-23-20/h2,5-6,13-14,16H,3-4,7-12H2,1H3. The summed E-state index contributed by atoms with van der Waals surface area (Å²) < 4.78 is 11.0. The second kappa shape index (κ2) is 8.35. The van der Waals surface area contributed by atoms with E-state index in [1.807, 2.05) is 25.3 Å². The van der Waals surface area contributed by atoms with E-state index < -0.39 is 0 Å². The average Bonchev–Trinajstić information content (AvgIpc) is 3.26. The first-order valence-electron chi connectivity index (χ1n) is 10.4. The summed E-state index contributed by atoms with van der Waals surface area (Å²) in [7, 11) is 0. The topological polar surface area (TPSA) is 93.3 Å². The molecule has 3 aromatic rings. The van der Waals surface area contributed by atoms with Crippen molar-refractivity contribution in [1.29, 1.82) is 0 Å². The Bertz CT molecular complexity index is 980. The van der Waals surface area contributed by atoms with Crippen LogP contribution < -0.4 is 9.80 Å². The number of piperidine rings is 1. The van der Waals surface area contributed by atoms with Crippen molar-refractivity contribution in [3.8, 4) is 11.3 Å². The fourth-order valence-electron chi connectivity index (χ4n) is 4.10. The highest BCUT2D eigenvalue weighted by molar-refractivity contribution is 5.61. The number of hydrogen-bond donors (Lipinski definition) is 0. The zero-order chi connectivity index (χ0) is 20.3. The van der Waals surface area contributed by atoms with Gasteiger partial charge in [0, 0.05) is 56.8 Å². The van der Waals surface area contributed by atoms with E-state index in [2.05, 4.69) is 29.9 Å². The molecule has 2 fully saturated rings. The number of aromatic nitrogens is 5. The molecule has 2 aliphatic heterocycles. The van der Waals surface area contributed by atoms with Gasteiger partial charge in [-0.2, -0.15) is 0 Å². The van der Waals surface area contributed by atoms with E-state index >= 15 is 0 Å². The van der Waals surface area contributed by atoms with Gasteiger partial charge >= 0.3 is 0 Å². The van der Waals surface area contributed by atoms with Gasteiger partial charge in [-0.1, -0.05) is 5.16 Å². The Labute approximate surface area is 175 Å². The summed E-state index contributed by atoms with van der Waals surface area (Å²) in [4.78, 5) is 22.9. The number of nitrogens with zero attached hydrogens (tertiary/aromatic N) is 7. The molecule has 0 amide bonds. The Morgan fingerprint density at radius 3 is 2.37 bits per heavy atom. The molecule has 30 heavy (non-hydrogen) atoms. The smallest absolute Gasteiger partial charge is 0.225 e. The minimum atomic E-state index is 0.313. The number of rotatable bonds is 4. The van der Waals surface area contributed by atoms with Crippen molar-refractivity contribution in [3.63, 3.8) is 0 Å². The molecule has 3 aromatic heterocycles. The summed E-state index contributed by atoms with van der Waals surface area (Å²) in [6, 6.07) is 3.79. The molecular formula is C21H25N7O2. The van der Waals surface area contributed by atoms with Gasteiger partial charge in [0.1, 0.15) is 0 Å². The highest BCUT2D eigenvalue weighted by atomic mass is 16.5. The lowest BCUT2D eigenvalue weighted by atomic mass is 9.90. The molecule has 0 atom stereocenters. The Morgan fingerprint density at radius 1 is 0.933 bits per heavy atom. The van der Waals surface area contributed by atoms with Crippen LogP contribution in [0.4, 0.5) is 11.9 Å². The van der Waals surface area contributed by atoms with E-state index in [0.717, 1.165) is 73.6 Å². The minimum Gasteiger partial charge on any atom is -0.378 e. The number of hydrogen-bond acceptors (Lipinski definition) is 9. The van der Waals surface area contributed by atoms with Crippen LogP contribution in [0.25, 0.3) is 11.3 Å². The summed E-state index contributed by atoms with van der Waals surface area (Å²) >= 11 is 0. The summed E-state index contributed by atoms with van der Waals surface area (Å²) in [5.74, 6) is 2.60. The average molecular weight is 407 g/mol. The van der Waals surface area contributed by atoms with Crippen LogP contribution in [0.2, 0.25) is 0 Å². The second-order valence-electron chi connectivity index (χ2n) is 7.71. The summed E-state index contributed by atoms with van der Waals surface area (Å²) in [6.45, 7) is 6.73. The number of anilines is 2. The van der Waals surface area contributed by atoms with Gasteiger partial charge in [0.2, 0.25) is 11.9 Å². The van der Waals surface area contributed by atoms with E-state index in [4.69, 9.17) is 14.2 Å². The lowest BCUT2D eigenvalue weighted by Crippen LogP contribution is -2.38. The highest BCUT2D eigenvalue weighted by Crippen LogP contribution is 2.35. The molecule has 5 rings (SSSR count). The lowest BCUT2D eigenvalue weighted by molar-refractivity contribution is 0.122. The van der Waals surface area contributed by atoms with Crippen LogP contribution >= 0.6 is 0 Å². The molecule has 0 aromatic carbocycles. The van der Waals surface area contributed by atoms with Crippen LogP contribution in [0.3, 0.4) is 0 Å². The van der Waals surface area contributed by atoms with Gasteiger partial charge in [0.05, 0.1) is 30.2 Å². The maximum atomic E-state index is 5.56. The van der Waals surface area contributed by atoms with Crippen LogP contribution in [0.5, 0.6) is 0 Å². The molecule has 9 heteroatoms. The molecule has 0 unspecified atom stereocenters. The Hall–Kier alpha value is -3.07. The van der Waals surface area contributed by atoms with Crippen LogP contribution in [0, 0.1) is 6.92 Å². The molecule has 2 aliphatic rings. The van der Waals surface area contributed by atoms with E-state index in [1.165, 1.54) is 0 Å². The highest BCUT2D eigenvalue weighted by Gasteiger charge is 2.28. The van der Waals surface area contributed by atoms with Gasteiger partial charge < -0.3 is 19.1 Å². The van der Waals surface area contributed by atoms with Gasteiger partial charge in [-0.3, -0.25) is 0 Å². The van der Waals surface area contributed by atoms with Crippen molar-refractivity contribution < 1.29 is 9.26 Å². The monoisotopic (exact) mass is 407 g/mol. The van der Waals surface area contributed by atoms with Gasteiger partial charge in [-0.25, -0.2) is 19.9 Å². The van der Waals surface area contributed by atoms with E-state index in [0.29, 0.717) is 19.1 Å². The van der Waals surface area contributed by atoms with Gasteiger partial charge in [-0.15, -0.1) is 0 Å². The Balaban J connectivity index is 1.43. The SMILES string of the molecule is Cc1cc(-c2cnc(N3CCOCC3)nc2C2CCN(c3ncccn3)CC2)on1. The molecular weight excluding hydrogens is 382 g/mol. The van der Waals surface area contributed by atoms with Crippen molar-refractivity contribution >= 4 is 11.9 Å². The van der Waals surface area contributed by atoms with E-state index in [1.54, 1.807) is 12.4 Å². The molecule has 2 saturated heterocycles. The molecule has 0 aliphatic carbocycles. The third-order valence-electron chi connectivity index (χ3n) is 5.71. The molecule has 0 N–H and O–H groups in total. The predicted octanol–water partition coefficient (Wildman–Crippen LogP) is 2.45. The van der Waals surface area contributed by atoms with Crippen LogP contribution in [0.15, 0.2) is 35.2 Å². The van der Waals surface area contributed by atoms with Crippen molar-refractivity contribution in [2.45, 2.75) is 25.7 Å². The lowest BCUT2D eigenvalue weighted by Gasteiger charge is -2.33. The molecule has 0 spiro atoms. The van der Waals surface area contributed by atoms with Crippen molar-refractivity contribution in [2.75, 3.05) is 49.2 Å². The number of aryl methyl sites for hydroxylation is 1. The van der Waals surface area contributed by atoms with Gasteiger partial charge in [0.25, 0.3) is 0 Å². The van der Waals surface area contributed by atoms with Crippen LogP contribution in [0.1, 0.15) is 30.1 Å². The normalized spacial score (nSPS) is 18.0. The van der Waals surface area contributed by atoms with Crippen molar-refractivity contribution in [3.05, 3.63) is 42.1 Å². The fraction of sp³-hybridized carbons (Fsp3) is 0.476. The van der Waals surface area contributed by atoms with Gasteiger partial charge in [-0.05, 0) is 25.8 Å². The summed E-state index contributed by atoms with van der Waals surface area (Å²) in [5.41, 5.74) is 2.82. The quantitative estimate of drug-likeness (QED) is 0.646. The molecule has 0 radical (unpaired) electrons. The van der Waals surface area contributed by atoms with Crippen molar-refractivity contribution in [2.24, 2.45) is 0 Å². The first kappa shape index (κ1) is 18.9. The van der Waals surface area contributed by atoms with Crippen molar-refractivity contribution in [1.82, 2.24) is 25.1 Å². The third kappa shape index (κ3) is 3.85. The van der Waals surface area contributed by atoms with Crippen LogP contribution in [-0.2, 0) is 4.74 Å². The zero-order valence-electron chi connectivity index (χ0n) is 17.1. The minimum absolute atomic E-state index is 0.313. The predicted molar refractivity (Wildman–Crippen MR) is 112 cm³/mol. The number of ether oxygens (including phenoxy) is 1. The summed E-state index contributed by atoms with van der Waals surface area (Å²) in [5, 5.41) is 4.06. The molecule has 9 nitrogen and oxygen atoms in total. The third-order valence-corrected chi connectivity index (χ3v) is 5.71. The maximum absolute atomic E-state index is 5.56. The molecule has 0 bridgehead atoms. The maximum Gasteiger partial charge on any atom is 0.225 e.